The molecule has 116 valence electrons. The smallest absolute Gasteiger partial charge is 0.332 e. The topological polar surface area (TPSA) is 110 Å². The fourth-order valence-electron chi connectivity index (χ4n) is 1.74. The van der Waals surface area contributed by atoms with E-state index < -0.39 is 38.7 Å². The summed E-state index contributed by atoms with van der Waals surface area (Å²) in [6, 6.07) is 0. The van der Waals surface area contributed by atoms with E-state index in [-0.39, 0.29) is 18.7 Å². The van der Waals surface area contributed by atoms with Gasteiger partial charge in [0, 0.05) is 6.54 Å². The summed E-state index contributed by atoms with van der Waals surface area (Å²) >= 11 is 0. The monoisotopic (exact) mass is 307 g/mol. The Bertz CT molecular complexity index is 479. The van der Waals surface area contributed by atoms with Crippen molar-refractivity contribution in [2.24, 2.45) is 0 Å². The Labute approximate surface area is 118 Å². The molecule has 0 unspecified atom stereocenters. The molecule has 7 nitrogen and oxygen atoms in total. The number of carboxylic acids is 1. The lowest BCUT2D eigenvalue weighted by Gasteiger charge is -2.19. The van der Waals surface area contributed by atoms with E-state index in [1.807, 2.05) is 0 Å². The molecule has 1 amide bonds. The van der Waals surface area contributed by atoms with E-state index in [0.29, 0.717) is 6.42 Å². The van der Waals surface area contributed by atoms with Gasteiger partial charge in [0.15, 0.2) is 15.9 Å². The third kappa shape index (κ3) is 4.17. The molecule has 20 heavy (non-hydrogen) atoms. The Hall–Kier alpha value is -1.15. The van der Waals surface area contributed by atoms with Crippen molar-refractivity contribution >= 4 is 21.7 Å². The van der Waals surface area contributed by atoms with Crippen LogP contribution in [0.1, 0.15) is 33.6 Å². The van der Waals surface area contributed by atoms with Crippen LogP contribution in [0.3, 0.4) is 0 Å². The van der Waals surface area contributed by atoms with Crippen molar-refractivity contribution in [2.45, 2.75) is 50.6 Å². The lowest BCUT2D eigenvalue weighted by molar-refractivity contribution is -0.151. The van der Waals surface area contributed by atoms with Crippen LogP contribution >= 0.6 is 0 Å². The standard InChI is InChI=1S/C12H21NO6S/c1-12(2,3)20(17,18)7-6-13-10(14)8-4-5-9(19-8)11(15)16/h8-9H,4-7H2,1-3H3,(H,13,14)(H,15,16)/t8-,9+/m0/s1. The van der Waals surface area contributed by atoms with Crippen LogP contribution in [-0.2, 0) is 24.2 Å². The van der Waals surface area contributed by atoms with Crippen molar-refractivity contribution < 1.29 is 27.9 Å². The molecular weight excluding hydrogens is 286 g/mol. The first-order valence-electron chi connectivity index (χ1n) is 6.43. The Morgan fingerprint density at radius 2 is 1.80 bits per heavy atom. The van der Waals surface area contributed by atoms with Crippen molar-refractivity contribution in [3.8, 4) is 0 Å². The highest BCUT2D eigenvalue weighted by Crippen LogP contribution is 2.20. The molecule has 1 rings (SSSR count). The highest BCUT2D eigenvalue weighted by atomic mass is 32.2. The maximum atomic E-state index is 11.8. The molecule has 8 heteroatoms. The van der Waals surface area contributed by atoms with Crippen LogP contribution in [0.5, 0.6) is 0 Å². The Kier molecular flexibility index (Phi) is 5.15. The van der Waals surface area contributed by atoms with Crippen molar-refractivity contribution in [1.29, 1.82) is 0 Å². The van der Waals surface area contributed by atoms with Gasteiger partial charge in [-0.3, -0.25) is 4.79 Å². The number of rotatable bonds is 5. The Morgan fingerprint density at radius 3 is 2.25 bits per heavy atom. The molecule has 1 saturated heterocycles. The van der Waals surface area contributed by atoms with Gasteiger partial charge in [-0.25, -0.2) is 13.2 Å². The predicted molar refractivity (Wildman–Crippen MR) is 72.1 cm³/mol. The minimum atomic E-state index is -3.29. The second kappa shape index (κ2) is 6.09. The van der Waals surface area contributed by atoms with Crippen molar-refractivity contribution in [1.82, 2.24) is 5.32 Å². The van der Waals surface area contributed by atoms with Gasteiger partial charge >= 0.3 is 5.97 Å². The average Bonchev–Trinajstić information content (AvgIpc) is 2.76. The molecule has 0 radical (unpaired) electrons. The summed E-state index contributed by atoms with van der Waals surface area (Å²) in [5.41, 5.74) is 0. The van der Waals surface area contributed by atoms with E-state index in [1.54, 1.807) is 20.8 Å². The number of carbonyl (C=O) groups is 2. The minimum Gasteiger partial charge on any atom is -0.479 e. The third-order valence-electron chi connectivity index (χ3n) is 3.19. The second-order valence-corrected chi connectivity index (χ2v) is 8.61. The number of carboxylic acid groups (broad SMARTS) is 1. The van der Waals surface area contributed by atoms with Gasteiger partial charge in [-0.2, -0.15) is 0 Å². The molecule has 0 aromatic rings. The van der Waals surface area contributed by atoms with Gasteiger partial charge in [-0.05, 0) is 33.6 Å². The predicted octanol–water partition coefficient (Wildman–Crippen LogP) is -0.0519. The molecular formula is C12H21NO6S. The molecule has 1 heterocycles. The SMILES string of the molecule is CC(C)(C)S(=O)(=O)CCNC(=O)[C@@H]1CC[C@H](C(=O)O)O1. The molecule has 1 aliphatic rings. The van der Waals surface area contributed by atoms with Crippen LogP contribution in [0, 0.1) is 0 Å². The fraction of sp³-hybridized carbons (Fsp3) is 0.833. The van der Waals surface area contributed by atoms with E-state index >= 15 is 0 Å². The summed E-state index contributed by atoms with van der Waals surface area (Å²) in [7, 11) is -3.29. The van der Waals surface area contributed by atoms with Gasteiger partial charge in [-0.15, -0.1) is 0 Å². The molecule has 0 bridgehead atoms. The van der Waals surface area contributed by atoms with E-state index in [1.165, 1.54) is 0 Å². The largest absolute Gasteiger partial charge is 0.479 e. The van der Waals surface area contributed by atoms with Gasteiger partial charge in [0.2, 0.25) is 5.91 Å². The van der Waals surface area contributed by atoms with Crippen LogP contribution in [-0.4, -0.2) is 54.7 Å². The summed E-state index contributed by atoms with van der Waals surface area (Å²) in [6.45, 7) is 4.79. The molecule has 0 aromatic carbocycles. The first-order chi connectivity index (χ1) is 9.04. The first-order valence-corrected chi connectivity index (χ1v) is 8.08. The molecule has 0 aliphatic carbocycles. The number of amides is 1. The van der Waals surface area contributed by atoms with Crippen molar-refractivity contribution in [3.05, 3.63) is 0 Å². The van der Waals surface area contributed by atoms with Crippen LogP contribution < -0.4 is 5.32 Å². The highest BCUT2D eigenvalue weighted by molar-refractivity contribution is 7.92. The van der Waals surface area contributed by atoms with Gasteiger partial charge in [0.25, 0.3) is 0 Å². The Morgan fingerprint density at radius 1 is 1.25 bits per heavy atom. The van der Waals surface area contributed by atoms with Crippen LogP contribution in [0.4, 0.5) is 0 Å². The fourth-order valence-corrected chi connectivity index (χ4v) is 2.72. The van der Waals surface area contributed by atoms with E-state index in [2.05, 4.69) is 5.32 Å². The molecule has 1 aliphatic heterocycles. The third-order valence-corrected chi connectivity index (χ3v) is 5.80. The normalized spacial score (nSPS) is 23.6. The molecule has 0 saturated carbocycles. The molecule has 0 spiro atoms. The van der Waals surface area contributed by atoms with Gasteiger partial charge in [-0.1, -0.05) is 0 Å². The summed E-state index contributed by atoms with van der Waals surface area (Å²) in [6.07, 6.45) is -1.15. The highest BCUT2D eigenvalue weighted by Gasteiger charge is 2.35. The summed E-state index contributed by atoms with van der Waals surface area (Å²) in [5.74, 6) is -1.70. The molecule has 1 fully saturated rings. The lowest BCUT2D eigenvalue weighted by Crippen LogP contribution is -2.40. The second-order valence-electron chi connectivity index (χ2n) is 5.75. The van der Waals surface area contributed by atoms with Gasteiger partial charge < -0.3 is 15.2 Å². The number of sulfone groups is 1. The number of ether oxygens (including phenoxy) is 1. The Balaban J connectivity index is 2.41. The quantitative estimate of drug-likeness (QED) is 0.737. The zero-order valence-corrected chi connectivity index (χ0v) is 12.7. The number of carbonyl (C=O) groups excluding carboxylic acids is 1. The van der Waals surface area contributed by atoms with E-state index in [0.717, 1.165) is 0 Å². The average molecular weight is 307 g/mol. The molecule has 2 atom stereocenters. The van der Waals surface area contributed by atoms with Gasteiger partial charge in [0.05, 0.1) is 10.5 Å². The summed E-state index contributed by atoms with van der Waals surface area (Å²) in [4.78, 5) is 22.4. The van der Waals surface area contributed by atoms with Gasteiger partial charge in [0.1, 0.15) is 6.10 Å². The van der Waals surface area contributed by atoms with Crippen LogP contribution in [0.2, 0.25) is 0 Å². The summed E-state index contributed by atoms with van der Waals surface area (Å²) < 4.78 is 27.9. The number of nitrogens with one attached hydrogen (secondary N) is 1. The van der Waals surface area contributed by atoms with Crippen molar-refractivity contribution in [3.63, 3.8) is 0 Å². The number of hydrogen-bond donors (Lipinski definition) is 2. The minimum absolute atomic E-state index is 0.00393. The zero-order valence-electron chi connectivity index (χ0n) is 11.9. The van der Waals surface area contributed by atoms with Crippen LogP contribution in [0.25, 0.3) is 0 Å². The van der Waals surface area contributed by atoms with E-state index in [9.17, 15) is 18.0 Å². The number of aliphatic carboxylic acids is 1. The first kappa shape index (κ1) is 16.9. The maximum Gasteiger partial charge on any atom is 0.332 e. The summed E-state index contributed by atoms with van der Waals surface area (Å²) in [5, 5.41) is 11.2. The zero-order chi connectivity index (χ0) is 15.6. The number of hydrogen-bond acceptors (Lipinski definition) is 5. The maximum absolute atomic E-state index is 11.8. The van der Waals surface area contributed by atoms with E-state index in [4.69, 9.17) is 9.84 Å². The lowest BCUT2D eigenvalue weighted by atomic mass is 10.2. The van der Waals surface area contributed by atoms with Crippen LogP contribution in [0.15, 0.2) is 0 Å². The van der Waals surface area contributed by atoms with Crippen molar-refractivity contribution in [2.75, 3.05) is 12.3 Å². The molecule has 2 N–H and O–H groups in total. The molecule has 0 aromatic heterocycles.